The topological polar surface area (TPSA) is 58.5 Å². The Labute approximate surface area is 90.1 Å². The molecular weight excluding hydrogens is 212 g/mol. The molecule has 1 aromatic rings. The van der Waals surface area contributed by atoms with Crippen LogP contribution in [0.5, 0.6) is 0 Å². The zero-order chi connectivity index (χ0) is 11.1. The van der Waals surface area contributed by atoms with Gasteiger partial charge in [0.1, 0.15) is 0 Å². The Hall–Kier alpha value is -1.36. The van der Waals surface area contributed by atoms with Crippen molar-refractivity contribution in [2.75, 3.05) is 5.75 Å². The highest BCUT2D eigenvalue weighted by Crippen LogP contribution is 1.94. The van der Waals surface area contributed by atoms with Crippen LogP contribution >= 0.6 is 0 Å². The Morgan fingerprint density at radius 3 is 2.60 bits per heavy atom. The van der Waals surface area contributed by atoms with E-state index in [9.17, 15) is 8.42 Å². The molecule has 1 N–H and O–H groups in total. The molecule has 0 aliphatic heterocycles. The van der Waals surface area contributed by atoms with Crippen molar-refractivity contribution >= 4 is 16.2 Å². The molecule has 0 heterocycles. The quantitative estimate of drug-likeness (QED) is 0.608. The van der Waals surface area contributed by atoms with Crippen LogP contribution in [0.2, 0.25) is 0 Å². The van der Waals surface area contributed by atoms with Crippen LogP contribution in [0.3, 0.4) is 0 Å². The first-order valence-electron chi connectivity index (χ1n) is 4.71. The van der Waals surface area contributed by atoms with Crippen LogP contribution in [0.4, 0.5) is 0 Å². The summed E-state index contributed by atoms with van der Waals surface area (Å²) >= 11 is 0. The van der Waals surface area contributed by atoms with E-state index in [4.69, 9.17) is 0 Å². The van der Waals surface area contributed by atoms with Crippen molar-refractivity contribution in [1.29, 1.82) is 0 Å². The van der Waals surface area contributed by atoms with Gasteiger partial charge in [0, 0.05) is 0 Å². The molecular formula is C10H14N2O2S. The van der Waals surface area contributed by atoms with E-state index in [1.165, 1.54) is 6.21 Å². The number of benzene rings is 1. The number of nitrogens with one attached hydrogen (secondary N) is 1. The Kier molecular flexibility index (Phi) is 4.30. The first-order valence-corrected chi connectivity index (χ1v) is 6.37. The second kappa shape index (κ2) is 5.50. The summed E-state index contributed by atoms with van der Waals surface area (Å²) in [5.74, 6) is 0.0964. The lowest BCUT2D eigenvalue weighted by Gasteiger charge is -1.99. The van der Waals surface area contributed by atoms with E-state index in [2.05, 4.69) is 9.93 Å². The Balaban J connectivity index is 2.54. The molecule has 82 valence electrons. The highest BCUT2D eigenvalue weighted by Gasteiger charge is 2.04. The minimum Gasteiger partial charge on any atom is -0.205 e. The Bertz CT molecular complexity index is 412. The van der Waals surface area contributed by atoms with E-state index in [1.54, 1.807) is 6.92 Å². The molecule has 0 aromatic heterocycles. The third-order valence-electron chi connectivity index (χ3n) is 1.68. The van der Waals surface area contributed by atoms with Gasteiger partial charge < -0.3 is 0 Å². The molecule has 15 heavy (non-hydrogen) atoms. The molecule has 4 nitrogen and oxygen atoms in total. The number of hydrogen-bond acceptors (Lipinski definition) is 3. The van der Waals surface area contributed by atoms with Gasteiger partial charge in [-0.25, -0.2) is 13.2 Å². The second-order valence-corrected chi connectivity index (χ2v) is 4.90. The highest BCUT2D eigenvalue weighted by atomic mass is 32.2. The van der Waals surface area contributed by atoms with Crippen LogP contribution in [0.1, 0.15) is 18.9 Å². The minimum atomic E-state index is -3.25. The molecule has 0 amide bonds. The number of rotatable bonds is 5. The van der Waals surface area contributed by atoms with E-state index >= 15 is 0 Å². The number of nitrogens with zero attached hydrogens (tertiary/aromatic N) is 1. The predicted octanol–water partition coefficient (Wildman–Crippen LogP) is 1.35. The standard InChI is InChI=1S/C10H14N2O2S/c1-2-8-15(13,14)12-11-9-10-6-4-3-5-7-10/h3-7,9,12H,2,8H2,1H3. The largest absolute Gasteiger partial charge is 0.247 e. The predicted molar refractivity (Wildman–Crippen MR) is 61.2 cm³/mol. The Morgan fingerprint density at radius 2 is 2.00 bits per heavy atom. The molecule has 0 spiro atoms. The van der Waals surface area contributed by atoms with Crippen molar-refractivity contribution in [3.8, 4) is 0 Å². The summed E-state index contributed by atoms with van der Waals surface area (Å²) in [6, 6.07) is 9.30. The molecule has 0 unspecified atom stereocenters. The fraction of sp³-hybridized carbons (Fsp3) is 0.300. The second-order valence-electron chi connectivity index (χ2n) is 3.08. The van der Waals surface area contributed by atoms with E-state index in [-0.39, 0.29) is 5.75 Å². The molecule has 0 saturated carbocycles. The average molecular weight is 226 g/mol. The zero-order valence-corrected chi connectivity index (χ0v) is 9.37. The van der Waals surface area contributed by atoms with Crippen molar-refractivity contribution in [3.63, 3.8) is 0 Å². The smallest absolute Gasteiger partial charge is 0.205 e. The highest BCUT2D eigenvalue weighted by molar-refractivity contribution is 7.89. The zero-order valence-electron chi connectivity index (χ0n) is 8.55. The lowest BCUT2D eigenvalue weighted by molar-refractivity contribution is 0.583. The fourth-order valence-electron chi connectivity index (χ4n) is 1.03. The summed E-state index contributed by atoms with van der Waals surface area (Å²) in [6.07, 6.45) is 2.06. The van der Waals surface area contributed by atoms with Gasteiger partial charge in [-0.3, -0.25) is 0 Å². The van der Waals surface area contributed by atoms with E-state index < -0.39 is 10.0 Å². The van der Waals surface area contributed by atoms with Crippen LogP contribution < -0.4 is 4.83 Å². The van der Waals surface area contributed by atoms with E-state index in [0.717, 1.165) is 5.56 Å². The molecule has 5 heteroatoms. The van der Waals surface area contributed by atoms with Crippen LogP contribution in [0.15, 0.2) is 35.4 Å². The molecule has 0 saturated heterocycles. The lowest BCUT2D eigenvalue weighted by atomic mass is 10.2. The molecule has 0 bridgehead atoms. The summed E-state index contributed by atoms with van der Waals surface area (Å²) in [5.41, 5.74) is 0.858. The monoisotopic (exact) mass is 226 g/mol. The van der Waals surface area contributed by atoms with Gasteiger partial charge in [0.05, 0.1) is 12.0 Å². The van der Waals surface area contributed by atoms with E-state index in [1.807, 2.05) is 30.3 Å². The summed E-state index contributed by atoms with van der Waals surface area (Å²) in [6.45, 7) is 1.81. The normalized spacial score (nSPS) is 11.8. The van der Waals surface area contributed by atoms with E-state index in [0.29, 0.717) is 6.42 Å². The van der Waals surface area contributed by atoms with Gasteiger partial charge in [0.2, 0.25) is 10.0 Å². The molecule has 0 radical (unpaired) electrons. The van der Waals surface area contributed by atoms with Gasteiger partial charge in [-0.15, -0.1) is 0 Å². The summed E-state index contributed by atoms with van der Waals surface area (Å²) in [7, 11) is -3.25. The SMILES string of the molecule is CCCS(=O)(=O)NN=Cc1ccccc1. The third-order valence-corrected chi connectivity index (χ3v) is 3.01. The van der Waals surface area contributed by atoms with Crippen molar-refractivity contribution in [1.82, 2.24) is 4.83 Å². The molecule has 0 aliphatic rings. The Morgan fingerprint density at radius 1 is 1.33 bits per heavy atom. The number of hydrazone groups is 1. The van der Waals surface area contributed by atoms with Crippen molar-refractivity contribution in [2.24, 2.45) is 5.10 Å². The maximum absolute atomic E-state index is 11.2. The molecule has 0 atom stereocenters. The van der Waals surface area contributed by atoms with Crippen LogP contribution in [-0.2, 0) is 10.0 Å². The van der Waals surface area contributed by atoms with Crippen molar-refractivity contribution < 1.29 is 8.42 Å². The lowest BCUT2D eigenvalue weighted by Crippen LogP contribution is -2.21. The van der Waals surface area contributed by atoms with Crippen LogP contribution in [-0.4, -0.2) is 20.4 Å². The summed E-state index contributed by atoms with van der Waals surface area (Å²) in [4.78, 5) is 2.15. The molecule has 1 rings (SSSR count). The summed E-state index contributed by atoms with van der Waals surface area (Å²) in [5, 5.41) is 3.67. The molecule has 1 aromatic carbocycles. The number of sulfonamides is 1. The van der Waals surface area contributed by atoms with Crippen molar-refractivity contribution in [3.05, 3.63) is 35.9 Å². The van der Waals surface area contributed by atoms with Gasteiger partial charge >= 0.3 is 0 Å². The first-order chi connectivity index (χ1) is 7.14. The maximum atomic E-state index is 11.2. The molecule has 0 aliphatic carbocycles. The third kappa shape index (κ3) is 4.60. The minimum absolute atomic E-state index is 0.0964. The first kappa shape index (κ1) is 11.7. The van der Waals surface area contributed by atoms with Gasteiger partial charge in [0.25, 0.3) is 0 Å². The average Bonchev–Trinajstić information content (AvgIpc) is 2.19. The molecule has 0 fully saturated rings. The van der Waals surface area contributed by atoms with Gasteiger partial charge in [-0.1, -0.05) is 37.3 Å². The van der Waals surface area contributed by atoms with Gasteiger partial charge in [-0.05, 0) is 12.0 Å². The van der Waals surface area contributed by atoms with Gasteiger partial charge in [0.15, 0.2) is 0 Å². The van der Waals surface area contributed by atoms with Crippen molar-refractivity contribution in [2.45, 2.75) is 13.3 Å². The van der Waals surface area contributed by atoms with Crippen LogP contribution in [0, 0.1) is 0 Å². The maximum Gasteiger partial charge on any atom is 0.247 e. The van der Waals surface area contributed by atoms with Gasteiger partial charge in [-0.2, -0.15) is 5.10 Å². The number of hydrogen-bond donors (Lipinski definition) is 1. The fourth-order valence-corrected chi connectivity index (χ4v) is 1.88. The van der Waals surface area contributed by atoms with Crippen LogP contribution in [0.25, 0.3) is 0 Å². The summed E-state index contributed by atoms with van der Waals surface area (Å²) < 4.78 is 22.4.